The van der Waals surface area contributed by atoms with Crippen LogP contribution in [-0.2, 0) is 19.9 Å². The van der Waals surface area contributed by atoms with Crippen LogP contribution in [-0.4, -0.2) is 37.5 Å². The van der Waals surface area contributed by atoms with Crippen LogP contribution in [0.5, 0.6) is 5.75 Å². The molecule has 0 radical (unpaired) electrons. The van der Waals surface area contributed by atoms with Crippen LogP contribution in [0.4, 0.5) is 5.69 Å². The van der Waals surface area contributed by atoms with Crippen molar-refractivity contribution in [2.24, 2.45) is 0 Å². The van der Waals surface area contributed by atoms with Gasteiger partial charge in [0.1, 0.15) is 11.9 Å². The number of hydrogen-bond donors (Lipinski definition) is 2. The van der Waals surface area contributed by atoms with E-state index < -0.39 is 15.1 Å². The van der Waals surface area contributed by atoms with E-state index in [1.165, 1.54) is 0 Å². The SMILES string of the molecule is N=S1(=O)CCC(Oc2cc(-c3ccnn3-c3ccccc3)cc3c2NC(=O)C32CCCC2)CC1. The third kappa shape index (κ3) is 3.52. The number of para-hydroxylation sites is 1. The van der Waals surface area contributed by atoms with E-state index in [1.807, 2.05) is 47.1 Å². The van der Waals surface area contributed by atoms with Crippen LogP contribution in [0, 0.1) is 4.78 Å². The number of rotatable bonds is 4. The number of hydrogen-bond acceptors (Lipinski definition) is 5. The molecule has 8 heteroatoms. The average molecular weight is 477 g/mol. The fraction of sp³-hybridized carbons (Fsp3) is 0.385. The maximum absolute atomic E-state index is 13.2. The molecule has 3 aliphatic rings. The molecule has 2 aromatic carbocycles. The van der Waals surface area contributed by atoms with Crippen molar-refractivity contribution in [2.75, 3.05) is 16.8 Å². The van der Waals surface area contributed by atoms with Gasteiger partial charge in [0.15, 0.2) is 0 Å². The molecule has 6 rings (SSSR count). The number of aromatic nitrogens is 2. The second kappa shape index (κ2) is 7.98. The van der Waals surface area contributed by atoms with E-state index in [1.54, 1.807) is 6.20 Å². The molecule has 1 amide bonds. The number of benzene rings is 2. The lowest BCUT2D eigenvalue weighted by molar-refractivity contribution is -0.120. The Labute approximate surface area is 199 Å². The van der Waals surface area contributed by atoms with Gasteiger partial charge >= 0.3 is 0 Å². The predicted molar refractivity (Wildman–Crippen MR) is 132 cm³/mol. The number of nitrogens with zero attached hydrogens (tertiary/aromatic N) is 2. The van der Waals surface area contributed by atoms with E-state index in [4.69, 9.17) is 9.52 Å². The van der Waals surface area contributed by atoms with Crippen LogP contribution in [0.3, 0.4) is 0 Å². The van der Waals surface area contributed by atoms with E-state index in [2.05, 4.69) is 16.5 Å². The Balaban J connectivity index is 1.46. The van der Waals surface area contributed by atoms with Crippen molar-refractivity contribution in [1.29, 1.82) is 4.78 Å². The van der Waals surface area contributed by atoms with Gasteiger partial charge in [-0.05, 0) is 61.6 Å². The van der Waals surface area contributed by atoms with Crippen molar-refractivity contribution in [2.45, 2.75) is 50.0 Å². The number of fused-ring (bicyclic) bond motifs is 2. The fourth-order valence-electron chi connectivity index (χ4n) is 5.68. The first-order chi connectivity index (χ1) is 16.5. The smallest absolute Gasteiger partial charge is 0.235 e. The molecule has 0 atom stereocenters. The second-order valence-electron chi connectivity index (χ2n) is 9.64. The zero-order valence-corrected chi connectivity index (χ0v) is 19.8. The quantitative estimate of drug-likeness (QED) is 0.560. The molecule has 1 aromatic heterocycles. The number of nitrogens with one attached hydrogen (secondary N) is 2. The van der Waals surface area contributed by atoms with Crippen LogP contribution in [0.1, 0.15) is 44.1 Å². The van der Waals surface area contributed by atoms with Gasteiger partial charge in [-0.1, -0.05) is 31.0 Å². The summed E-state index contributed by atoms with van der Waals surface area (Å²) in [6, 6.07) is 16.1. The predicted octanol–water partition coefficient (Wildman–Crippen LogP) is 4.89. The van der Waals surface area contributed by atoms with Crippen molar-refractivity contribution in [3.05, 3.63) is 60.3 Å². The van der Waals surface area contributed by atoms with Crippen molar-refractivity contribution in [1.82, 2.24) is 9.78 Å². The Morgan fingerprint density at radius 1 is 1.09 bits per heavy atom. The van der Waals surface area contributed by atoms with Gasteiger partial charge in [-0.15, -0.1) is 0 Å². The highest BCUT2D eigenvalue weighted by molar-refractivity contribution is 7.92. The summed E-state index contributed by atoms with van der Waals surface area (Å²) in [5, 5.41) is 7.71. The number of ether oxygens (including phenoxy) is 1. The minimum absolute atomic E-state index is 0.0661. The Kier molecular flexibility index (Phi) is 5.02. The molecule has 1 spiro atoms. The van der Waals surface area contributed by atoms with Crippen LogP contribution in [0.15, 0.2) is 54.7 Å². The molecular weight excluding hydrogens is 448 g/mol. The normalized spacial score (nSPS) is 25.3. The van der Waals surface area contributed by atoms with Crippen molar-refractivity contribution < 1.29 is 13.7 Å². The van der Waals surface area contributed by atoms with Gasteiger partial charge in [0.25, 0.3) is 0 Å². The third-order valence-corrected chi connectivity index (χ3v) is 9.31. The molecule has 176 valence electrons. The van der Waals surface area contributed by atoms with Crippen LogP contribution >= 0.6 is 0 Å². The van der Waals surface area contributed by atoms with E-state index >= 15 is 0 Å². The van der Waals surface area contributed by atoms with E-state index in [9.17, 15) is 9.00 Å². The fourth-order valence-corrected chi connectivity index (χ4v) is 7.17. The van der Waals surface area contributed by atoms with Gasteiger partial charge in [-0.3, -0.25) is 9.57 Å². The molecule has 1 saturated heterocycles. The van der Waals surface area contributed by atoms with Crippen molar-refractivity contribution in [3.8, 4) is 22.7 Å². The summed E-state index contributed by atoms with van der Waals surface area (Å²) in [4.78, 5) is 13.2. The summed E-state index contributed by atoms with van der Waals surface area (Å²) in [7, 11) is -2.49. The van der Waals surface area contributed by atoms with Crippen LogP contribution < -0.4 is 10.1 Å². The summed E-state index contributed by atoms with van der Waals surface area (Å²) >= 11 is 0. The first-order valence-corrected chi connectivity index (χ1v) is 13.9. The number of carbonyl (C=O) groups excluding carboxylic acids is 1. The molecular formula is C26H28N4O3S. The van der Waals surface area contributed by atoms with E-state index in [-0.39, 0.29) is 12.0 Å². The summed E-state index contributed by atoms with van der Waals surface area (Å²) in [6.45, 7) is 0. The minimum Gasteiger partial charge on any atom is -0.488 e. The first-order valence-electron chi connectivity index (χ1n) is 12.0. The number of carbonyl (C=O) groups is 1. The minimum atomic E-state index is -2.49. The van der Waals surface area contributed by atoms with Gasteiger partial charge in [0.2, 0.25) is 5.91 Å². The summed E-state index contributed by atoms with van der Waals surface area (Å²) in [5.74, 6) is 1.44. The molecule has 0 unspecified atom stereocenters. The zero-order valence-electron chi connectivity index (χ0n) is 19.0. The summed E-state index contributed by atoms with van der Waals surface area (Å²) in [6.07, 6.45) is 6.61. The highest BCUT2D eigenvalue weighted by Crippen LogP contribution is 2.53. The summed E-state index contributed by atoms with van der Waals surface area (Å²) in [5.41, 5.74) is 4.15. The van der Waals surface area contributed by atoms with Gasteiger partial charge in [0.05, 0.1) is 28.7 Å². The van der Waals surface area contributed by atoms with Gasteiger partial charge in [-0.25, -0.2) is 8.89 Å². The largest absolute Gasteiger partial charge is 0.488 e. The van der Waals surface area contributed by atoms with Crippen LogP contribution in [0.2, 0.25) is 0 Å². The molecule has 7 nitrogen and oxygen atoms in total. The summed E-state index contributed by atoms with van der Waals surface area (Å²) < 4.78 is 28.4. The maximum Gasteiger partial charge on any atom is 0.235 e. The molecule has 1 aliphatic carbocycles. The molecule has 2 N–H and O–H groups in total. The van der Waals surface area contributed by atoms with Gasteiger partial charge < -0.3 is 10.1 Å². The highest BCUT2D eigenvalue weighted by atomic mass is 32.2. The van der Waals surface area contributed by atoms with E-state index in [0.29, 0.717) is 30.1 Å². The zero-order chi connectivity index (χ0) is 23.3. The number of anilines is 1. The Bertz CT molecular complexity index is 1340. The van der Waals surface area contributed by atoms with Gasteiger partial charge in [-0.2, -0.15) is 5.10 Å². The second-order valence-corrected chi connectivity index (χ2v) is 12.1. The number of amides is 1. The lowest BCUT2D eigenvalue weighted by atomic mass is 9.79. The Hall–Kier alpha value is -3.13. The molecule has 34 heavy (non-hydrogen) atoms. The topological polar surface area (TPSA) is 97.1 Å². The Morgan fingerprint density at radius 3 is 2.56 bits per heavy atom. The third-order valence-electron chi connectivity index (χ3n) is 7.52. The molecule has 3 heterocycles. The maximum atomic E-state index is 13.2. The first kappa shape index (κ1) is 21.4. The molecule has 3 aromatic rings. The highest BCUT2D eigenvalue weighted by Gasteiger charge is 2.50. The van der Waals surface area contributed by atoms with Crippen molar-refractivity contribution >= 4 is 21.3 Å². The average Bonchev–Trinajstić information content (AvgIpc) is 3.57. The molecule has 2 aliphatic heterocycles. The lowest BCUT2D eigenvalue weighted by Crippen LogP contribution is -2.30. The molecule has 1 saturated carbocycles. The standard InChI is InChI=1S/C26H28N4O3S/c27-34(32)14-9-20(10-15-34)33-23-17-18(22-8-13-28-30(22)19-6-2-1-3-7-19)16-21-24(23)29-25(31)26(21)11-4-5-12-26/h1-3,6-8,13,16-17,20,27H,4-5,9-12,14-15H2,(H,29,31). The monoisotopic (exact) mass is 476 g/mol. The Morgan fingerprint density at radius 2 is 1.82 bits per heavy atom. The van der Waals surface area contributed by atoms with Gasteiger partial charge in [0, 0.05) is 26.8 Å². The van der Waals surface area contributed by atoms with Crippen molar-refractivity contribution in [3.63, 3.8) is 0 Å². The van der Waals surface area contributed by atoms with E-state index in [0.717, 1.165) is 53.9 Å². The molecule has 0 bridgehead atoms. The lowest BCUT2D eigenvalue weighted by Gasteiger charge is -2.26. The molecule has 2 fully saturated rings. The van der Waals surface area contributed by atoms with Crippen LogP contribution in [0.25, 0.3) is 16.9 Å².